The van der Waals surface area contributed by atoms with Gasteiger partial charge in [0.15, 0.2) is 0 Å². The molecule has 1 amide bonds. The summed E-state index contributed by atoms with van der Waals surface area (Å²) in [5, 5.41) is 3.63. The number of fused-ring (bicyclic) bond motifs is 1. The molecule has 0 saturated carbocycles. The third-order valence-corrected chi connectivity index (χ3v) is 4.45. The van der Waals surface area contributed by atoms with Gasteiger partial charge in [-0.25, -0.2) is 4.79 Å². The molecular formula is C20H18ClN3O3. The molecule has 3 aromatic rings. The third-order valence-electron chi connectivity index (χ3n) is 4.22. The average molecular weight is 384 g/mol. The fraction of sp³-hybridized carbons (Fsp3) is 0.150. The van der Waals surface area contributed by atoms with Crippen LogP contribution in [0.15, 0.2) is 64.7 Å². The van der Waals surface area contributed by atoms with Gasteiger partial charge in [-0.2, -0.15) is 0 Å². The smallest absolute Gasteiger partial charge is 0.324 e. The molecule has 0 saturated heterocycles. The lowest BCUT2D eigenvalue weighted by Crippen LogP contribution is -2.41. The average Bonchev–Trinajstić information content (AvgIpc) is 2.65. The van der Waals surface area contributed by atoms with Crippen molar-refractivity contribution in [3.63, 3.8) is 0 Å². The SMILES string of the molecule is C=CCn1c(=O)c2ccccc2n(CC(=O)Nc2cc(Cl)ccc2C)c1=O. The van der Waals surface area contributed by atoms with Crippen molar-refractivity contribution in [1.29, 1.82) is 0 Å². The number of para-hydroxylation sites is 1. The molecule has 6 nitrogen and oxygen atoms in total. The number of anilines is 1. The lowest BCUT2D eigenvalue weighted by Gasteiger charge is -2.14. The summed E-state index contributed by atoms with van der Waals surface area (Å²) in [4.78, 5) is 37.9. The number of nitrogens with zero attached hydrogens (tertiary/aromatic N) is 2. The van der Waals surface area contributed by atoms with Crippen LogP contribution in [0.5, 0.6) is 0 Å². The standard InChI is InChI=1S/C20H18ClN3O3/c1-3-10-23-19(26)15-6-4-5-7-17(15)24(20(23)27)12-18(25)22-16-11-14(21)9-8-13(16)2/h3-9,11H,1,10,12H2,2H3,(H,22,25). The van der Waals surface area contributed by atoms with Gasteiger partial charge in [0.25, 0.3) is 5.56 Å². The second-order valence-corrected chi connectivity index (χ2v) is 6.53. The van der Waals surface area contributed by atoms with Gasteiger partial charge in [0.2, 0.25) is 5.91 Å². The zero-order valence-electron chi connectivity index (χ0n) is 14.7. The minimum Gasteiger partial charge on any atom is -0.324 e. The molecule has 0 radical (unpaired) electrons. The van der Waals surface area contributed by atoms with Gasteiger partial charge in [0.05, 0.1) is 10.9 Å². The number of hydrogen-bond donors (Lipinski definition) is 1. The zero-order chi connectivity index (χ0) is 19.6. The van der Waals surface area contributed by atoms with Crippen LogP contribution in [0, 0.1) is 6.92 Å². The fourth-order valence-corrected chi connectivity index (χ4v) is 3.05. The molecule has 2 aromatic carbocycles. The van der Waals surface area contributed by atoms with E-state index in [1.165, 1.54) is 10.6 Å². The first kappa shape index (κ1) is 18.7. The van der Waals surface area contributed by atoms with E-state index in [0.29, 0.717) is 21.6 Å². The maximum absolute atomic E-state index is 12.8. The summed E-state index contributed by atoms with van der Waals surface area (Å²) in [6.45, 7) is 5.26. The van der Waals surface area contributed by atoms with Crippen molar-refractivity contribution in [2.24, 2.45) is 0 Å². The van der Waals surface area contributed by atoms with Gasteiger partial charge in [-0.3, -0.25) is 18.7 Å². The first-order chi connectivity index (χ1) is 12.9. The normalized spacial score (nSPS) is 10.7. The first-order valence-corrected chi connectivity index (χ1v) is 8.69. The highest BCUT2D eigenvalue weighted by molar-refractivity contribution is 6.31. The maximum atomic E-state index is 12.8. The van der Waals surface area contributed by atoms with Crippen LogP contribution in [-0.4, -0.2) is 15.0 Å². The molecule has 138 valence electrons. The molecule has 1 N–H and O–H groups in total. The fourth-order valence-electron chi connectivity index (χ4n) is 2.88. The van der Waals surface area contributed by atoms with E-state index in [0.717, 1.165) is 10.1 Å². The number of halogens is 1. The Morgan fingerprint density at radius 3 is 2.67 bits per heavy atom. The molecule has 0 bridgehead atoms. The number of benzene rings is 2. The molecule has 1 aromatic heterocycles. The predicted molar refractivity (Wildman–Crippen MR) is 107 cm³/mol. The molecule has 0 spiro atoms. The van der Waals surface area contributed by atoms with E-state index >= 15 is 0 Å². The first-order valence-electron chi connectivity index (χ1n) is 8.31. The molecule has 7 heteroatoms. The van der Waals surface area contributed by atoms with Crippen molar-refractivity contribution in [2.75, 3.05) is 5.32 Å². The summed E-state index contributed by atoms with van der Waals surface area (Å²) in [7, 11) is 0. The van der Waals surface area contributed by atoms with Crippen molar-refractivity contribution >= 4 is 34.1 Å². The number of allylic oxidation sites excluding steroid dienone is 1. The topological polar surface area (TPSA) is 73.1 Å². The molecule has 27 heavy (non-hydrogen) atoms. The monoisotopic (exact) mass is 383 g/mol. The highest BCUT2D eigenvalue weighted by Gasteiger charge is 2.15. The van der Waals surface area contributed by atoms with E-state index in [2.05, 4.69) is 11.9 Å². The van der Waals surface area contributed by atoms with Crippen LogP contribution in [0.25, 0.3) is 10.9 Å². The van der Waals surface area contributed by atoms with Crippen LogP contribution in [0.2, 0.25) is 5.02 Å². The van der Waals surface area contributed by atoms with Crippen molar-refractivity contribution in [2.45, 2.75) is 20.0 Å². The van der Waals surface area contributed by atoms with E-state index in [1.807, 2.05) is 6.92 Å². The van der Waals surface area contributed by atoms with Gasteiger partial charge < -0.3 is 5.32 Å². The van der Waals surface area contributed by atoms with Gasteiger partial charge in [-0.05, 0) is 36.8 Å². The summed E-state index contributed by atoms with van der Waals surface area (Å²) in [5.41, 5.74) is 0.867. The Hall–Kier alpha value is -3.12. The van der Waals surface area contributed by atoms with Crippen molar-refractivity contribution < 1.29 is 4.79 Å². The lowest BCUT2D eigenvalue weighted by molar-refractivity contribution is -0.116. The van der Waals surface area contributed by atoms with Gasteiger partial charge in [-0.15, -0.1) is 6.58 Å². The Morgan fingerprint density at radius 1 is 1.19 bits per heavy atom. The van der Waals surface area contributed by atoms with Gasteiger partial charge in [-0.1, -0.05) is 35.9 Å². The second kappa shape index (κ2) is 7.63. The minimum absolute atomic E-state index is 0.0670. The van der Waals surface area contributed by atoms with E-state index < -0.39 is 17.2 Å². The van der Waals surface area contributed by atoms with Crippen molar-refractivity contribution in [3.8, 4) is 0 Å². The quantitative estimate of drug-likeness (QED) is 0.688. The Labute approximate surface area is 160 Å². The Kier molecular flexibility index (Phi) is 5.28. The number of aromatic nitrogens is 2. The number of hydrogen-bond acceptors (Lipinski definition) is 3. The van der Waals surface area contributed by atoms with E-state index in [4.69, 9.17) is 11.6 Å². The lowest BCUT2D eigenvalue weighted by atomic mass is 10.2. The Morgan fingerprint density at radius 2 is 1.93 bits per heavy atom. The van der Waals surface area contributed by atoms with Crippen LogP contribution in [0.1, 0.15) is 5.56 Å². The molecule has 0 atom stereocenters. The zero-order valence-corrected chi connectivity index (χ0v) is 15.5. The predicted octanol–water partition coefficient (Wildman–Crippen LogP) is 2.95. The number of aryl methyl sites for hydroxylation is 1. The summed E-state index contributed by atoms with van der Waals surface area (Å²) >= 11 is 5.98. The molecule has 0 unspecified atom stereocenters. The number of carbonyl (C=O) groups excluding carboxylic acids is 1. The highest BCUT2D eigenvalue weighted by Crippen LogP contribution is 2.20. The molecular weight excluding hydrogens is 366 g/mol. The van der Waals surface area contributed by atoms with Crippen LogP contribution in [-0.2, 0) is 17.9 Å². The van der Waals surface area contributed by atoms with E-state index in [1.54, 1.807) is 42.5 Å². The molecule has 1 heterocycles. The molecule has 3 rings (SSSR count). The minimum atomic E-state index is -0.559. The van der Waals surface area contributed by atoms with Gasteiger partial charge >= 0.3 is 5.69 Å². The summed E-state index contributed by atoms with van der Waals surface area (Å²) in [6, 6.07) is 11.9. The summed E-state index contributed by atoms with van der Waals surface area (Å²) in [5.74, 6) is -0.392. The van der Waals surface area contributed by atoms with Crippen molar-refractivity contribution in [3.05, 3.63) is 86.5 Å². The van der Waals surface area contributed by atoms with Crippen LogP contribution < -0.4 is 16.6 Å². The molecule has 0 aliphatic carbocycles. The van der Waals surface area contributed by atoms with Gasteiger partial charge in [0, 0.05) is 17.3 Å². The number of rotatable bonds is 5. The molecule has 0 aliphatic rings. The van der Waals surface area contributed by atoms with Crippen LogP contribution in [0.3, 0.4) is 0 Å². The van der Waals surface area contributed by atoms with E-state index in [-0.39, 0.29) is 13.1 Å². The number of carbonyl (C=O) groups is 1. The molecule has 0 fully saturated rings. The van der Waals surface area contributed by atoms with Crippen LogP contribution >= 0.6 is 11.6 Å². The number of amides is 1. The number of nitrogens with one attached hydrogen (secondary N) is 1. The Balaban J connectivity index is 2.05. The summed E-state index contributed by atoms with van der Waals surface area (Å²) < 4.78 is 2.35. The van der Waals surface area contributed by atoms with Crippen molar-refractivity contribution in [1.82, 2.24) is 9.13 Å². The Bertz CT molecular complexity index is 1160. The second-order valence-electron chi connectivity index (χ2n) is 6.10. The largest absolute Gasteiger partial charge is 0.332 e. The molecule has 0 aliphatic heterocycles. The third kappa shape index (κ3) is 3.71. The maximum Gasteiger partial charge on any atom is 0.332 e. The van der Waals surface area contributed by atoms with Gasteiger partial charge in [0.1, 0.15) is 6.54 Å². The highest BCUT2D eigenvalue weighted by atomic mass is 35.5. The summed E-state index contributed by atoms with van der Waals surface area (Å²) in [6.07, 6.45) is 1.47. The van der Waals surface area contributed by atoms with E-state index in [9.17, 15) is 14.4 Å². The van der Waals surface area contributed by atoms with Crippen LogP contribution in [0.4, 0.5) is 5.69 Å².